The second kappa shape index (κ2) is 7.13. The Bertz CT molecular complexity index is 393. The van der Waals surface area contributed by atoms with Crippen LogP contribution in [0.15, 0.2) is 30.9 Å². The Morgan fingerprint density at radius 1 is 1.56 bits per heavy atom. The summed E-state index contributed by atoms with van der Waals surface area (Å²) in [4.78, 5) is 2.08. The maximum absolute atomic E-state index is 13.3. The van der Waals surface area contributed by atoms with Crippen LogP contribution >= 0.6 is 0 Å². The van der Waals surface area contributed by atoms with Crippen LogP contribution in [0.3, 0.4) is 0 Å². The van der Waals surface area contributed by atoms with Crippen molar-refractivity contribution in [2.75, 3.05) is 31.7 Å². The molecule has 0 amide bonds. The van der Waals surface area contributed by atoms with E-state index in [0.717, 1.165) is 11.3 Å². The van der Waals surface area contributed by atoms with Crippen molar-refractivity contribution < 1.29 is 9.13 Å². The minimum atomic E-state index is -0.267. The van der Waals surface area contributed by atoms with E-state index in [2.05, 4.69) is 11.5 Å². The molecule has 0 aliphatic heterocycles. The molecule has 1 rings (SSSR count). The Labute approximate surface area is 108 Å². The topological polar surface area (TPSA) is 38.5 Å². The number of methoxy groups -OCH3 is 1. The van der Waals surface area contributed by atoms with E-state index in [4.69, 9.17) is 10.5 Å². The third kappa shape index (κ3) is 3.82. The Morgan fingerprint density at radius 3 is 2.83 bits per heavy atom. The van der Waals surface area contributed by atoms with Crippen LogP contribution < -0.4 is 10.6 Å². The Hall–Kier alpha value is -1.39. The van der Waals surface area contributed by atoms with Gasteiger partial charge in [0.2, 0.25) is 0 Å². The molecule has 4 heteroatoms. The van der Waals surface area contributed by atoms with Crippen LogP contribution in [0.2, 0.25) is 0 Å². The summed E-state index contributed by atoms with van der Waals surface area (Å²) in [7, 11) is 1.66. The third-order valence-corrected chi connectivity index (χ3v) is 2.74. The third-order valence-electron chi connectivity index (χ3n) is 2.74. The smallest absolute Gasteiger partial charge is 0.123 e. The van der Waals surface area contributed by atoms with Crippen molar-refractivity contribution in [3.05, 3.63) is 42.2 Å². The molecule has 100 valence electrons. The van der Waals surface area contributed by atoms with Gasteiger partial charge in [-0.3, -0.25) is 0 Å². The molecule has 0 unspecified atom stereocenters. The first-order valence-electron chi connectivity index (χ1n) is 6.00. The second-order valence-electron chi connectivity index (χ2n) is 4.22. The van der Waals surface area contributed by atoms with Crippen molar-refractivity contribution in [3.8, 4) is 0 Å². The fourth-order valence-electron chi connectivity index (χ4n) is 1.85. The highest BCUT2D eigenvalue weighted by molar-refractivity contribution is 5.55. The molecule has 0 bridgehead atoms. The van der Waals surface area contributed by atoms with Gasteiger partial charge >= 0.3 is 0 Å². The second-order valence-corrected chi connectivity index (χ2v) is 4.22. The van der Waals surface area contributed by atoms with Crippen molar-refractivity contribution >= 4 is 5.69 Å². The Morgan fingerprint density at radius 2 is 2.28 bits per heavy atom. The predicted octanol–water partition coefficient (Wildman–Crippen LogP) is 2.48. The molecule has 0 aliphatic rings. The maximum Gasteiger partial charge on any atom is 0.123 e. The zero-order valence-corrected chi connectivity index (χ0v) is 11.0. The molecule has 0 aliphatic carbocycles. The summed E-state index contributed by atoms with van der Waals surface area (Å²) in [6.45, 7) is 7.58. The van der Waals surface area contributed by atoms with Gasteiger partial charge in [-0.1, -0.05) is 6.08 Å². The summed E-state index contributed by atoms with van der Waals surface area (Å²) >= 11 is 0. The number of halogens is 1. The summed E-state index contributed by atoms with van der Waals surface area (Å²) in [6.07, 6.45) is 1.81. The van der Waals surface area contributed by atoms with Crippen LogP contribution in [-0.2, 0) is 4.74 Å². The first kappa shape index (κ1) is 14.7. The quantitative estimate of drug-likeness (QED) is 0.758. The largest absolute Gasteiger partial charge is 0.383 e. The van der Waals surface area contributed by atoms with Gasteiger partial charge < -0.3 is 15.4 Å². The van der Waals surface area contributed by atoms with E-state index in [9.17, 15) is 4.39 Å². The van der Waals surface area contributed by atoms with Crippen molar-refractivity contribution in [2.45, 2.75) is 13.0 Å². The van der Waals surface area contributed by atoms with E-state index in [-0.39, 0.29) is 11.9 Å². The fourth-order valence-corrected chi connectivity index (χ4v) is 1.85. The van der Waals surface area contributed by atoms with Gasteiger partial charge in [0.15, 0.2) is 0 Å². The summed E-state index contributed by atoms with van der Waals surface area (Å²) in [6, 6.07) is 4.48. The zero-order valence-electron chi connectivity index (χ0n) is 11.0. The van der Waals surface area contributed by atoms with Gasteiger partial charge in [-0.05, 0) is 30.7 Å². The number of nitrogens with two attached hydrogens (primary N) is 1. The minimum Gasteiger partial charge on any atom is -0.383 e. The van der Waals surface area contributed by atoms with E-state index >= 15 is 0 Å². The highest BCUT2D eigenvalue weighted by Gasteiger charge is 2.13. The number of anilines is 1. The summed E-state index contributed by atoms with van der Waals surface area (Å²) in [5.74, 6) is -0.267. The molecule has 0 saturated carbocycles. The standard InChI is InChI=1S/C14H21FN2O/c1-4-7-17(8-9-18-3)14-6-5-12(15)10-13(14)11(2)16/h4-6,10-11H,1,7-9,16H2,2-3H3/t11-/m1/s1. The lowest BCUT2D eigenvalue weighted by atomic mass is 10.1. The number of nitrogens with zero attached hydrogens (tertiary/aromatic N) is 1. The van der Waals surface area contributed by atoms with Crippen molar-refractivity contribution in [1.82, 2.24) is 0 Å². The molecule has 0 fully saturated rings. The number of hydrogen-bond donors (Lipinski definition) is 1. The Kier molecular flexibility index (Phi) is 5.82. The molecule has 1 aromatic carbocycles. The molecular weight excluding hydrogens is 231 g/mol. The lowest BCUT2D eigenvalue weighted by Crippen LogP contribution is -2.29. The lowest BCUT2D eigenvalue weighted by Gasteiger charge is -2.27. The zero-order chi connectivity index (χ0) is 13.5. The van der Waals surface area contributed by atoms with Crippen LogP contribution in [-0.4, -0.2) is 26.8 Å². The van der Waals surface area contributed by atoms with Crippen molar-refractivity contribution in [1.29, 1.82) is 0 Å². The SMILES string of the molecule is C=CCN(CCOC)c1ccc(F)cc1[C@@H](C)N. The molecule has 0 saturated heterocycles. The predicted molar refractivity (Wildman–Crippen MR) is 73.3 cm³/mol. The minimum absolute atomic E-state index is 0.217. The van der Waals surface area contributed by atoms with E-state index in [0.29, 0.717) is 19.7 Å². The summed E-state index contributed by atoms with van der Waals surface area (Å²) < 4.78 is 18.4. The van der Waals surface area contributed by atoms with Gasteiger partial charge in [0.05, 0.1) is 6.61 Å². The Balaban J connectivity index is 3.05. The molecule has 0 spiro atoms. The summed E-state index contributed by atoms with van der Waals surface area (Å²) in [5.41, 5.74) is 7.63. The van der Waals surface area contributed by atoms with Gasteiger partial charge in [-0.2, -0.15) is 0 Å². The molecule has 0 heterocycles. The molecule has 18 heavy (non-hydrogen) atoms. The van der Waals surface area contributed by atoms with E-state index in [1.54, 1.807) is 13.2 Å². The number of benzene rings is 1. The molecule has 0 aromatic heterocycles. The molecular formula is C14H21FN2O. The number of rotatable bonds is 7. The molecule has 1 atom stereocenters. The van der Waals surface area contributed by atoms with Crippen LogP contribution in [0.1, 0.15) is 18.5 Å². The van der Waals surface area contributed by atoms with Crippen molar-refractivity contribution in [3.63, 3.8) is 0 Å². The first-order chi connectivity index (χ1) is 8.60. The monoisotopic (exact) mass is 252 g/mol. The van der Waals surface area contributed by atoms with Gasteiger partial charge in [0.25, 0.3) is 0 Å². The lowest BCUT2D eigenvalue weighted by molar-refractivity contribution is 0.205. The molecule has 3 nitrogen and oxygen atoms in total. The van der Waals surface area contributed by atoms with E-state index in [1.165, 1.54) is 12.1 Å². The van der Waals surface area contributed by atoms with Gasteiger partial charge in [-0.25, -0.2) is 4.39 Å². The number of ether oxygens (including phenoxy) is 1. The first-order valence-corrected chi connectivity index (χ1v) is 6.00. The average molecular weight is 252 g/mol. The molecule has 1 aromatic rings. The number of hydrogen-bond acceptors (Lipinski definition) is 3. The highest BCUT2D eigenvalue weighted by atomic mass is 19.1. The van der Waals surface area contributed by atoms with Gasteiger partial charge in [-0.15, -0.1) is 6.58 Å². The van der Waals surface area contributed by atoms with E-state index in [1.807, 2.05) is 13.0 Å². The van der Waals surface area contributed by atoms with Gasteiger partial charge in [0.1, 0.15) is 5.82 Å². The molecule has 2 N–H and O–H groups in total. The fraction of sp³-hybridized carbons (Fsp3) is 0.429. The average Bonchev–Trinajstić information content (AvgIpc) is 2.34. The van der Waals surface area contributed by atoms with E-state index < -0.39 is 0 Å². The normalized spacial score (nSPS) is 12.2. The van der Waals surface area contributed by atoms with Crippen molar-refractivity contribution in [2.24, 2.45) is 5.73 Å². The van der Waals surface area contributed by atoms with Crippen LogP contribution in [0.4, 0.5) is 10.1 Å². The van der Waals surface area contributed by atoms with Crippen LogP contribution in [0.25, 0.3) is 0 Å². The summed E-state index contributed by atoms with van der Waals surface area (Å²) in [5, 5.41) is 0. The van der Waals surface area contributed by atoms with Crippen LogP contribution in [0, 0.1) is 5.82 Å². The van der Waals surface area contributed by atoms with Gasteiger partial charge in [0, 0.05) is 31.9 Å². The van der Waals surface area contributed by atoms with Crippen LogP contribution in [0.5, 0.6) is 0 Å². The maximum atomic E-state index is 13.3. The molecule has 0 radical (unpaired) electrons. The highest BCUT2D eigenvalue weighted by Crippen LogP contribution is 2.26.